The lowest BCUT2D eigenvalue weighted by Crippen LogP contribution is -2.39. The minimum absolute atomic E-state index is 0.0508. The molecule has 69 heavy (non-hydrogen) atoms. The Morgan fingerprint density at radius 3 is 2.33 bits per heavy atom. The minimum Gasteiger partial charge on any atom is -0.493 e. The lowest BCUT2D eigenvalue weighted by molar-refractivity contribution is -0.118. The van der Waals surface area contributed by atoms with Crippen LogP contribution in [0.3, 0.4) is 0 Å². The second kappa shape index (κ2) is 20.1. The number of aliphatic imine (C=N–C) groups is 1. The highest BCUT2D eigenvalue weighted by molar-refractivity contribution is 8.77. The zero-order valence-corrected chi connectivity index (χ0v) is 40.0. The molecule has 0 fully saturated rings. The number of fused-ring (bicyclic) bond motifs is 8. The number of ether oxygens (including phenoxy) is 4. The summed E-state index contributed by atoms with van der Waals surface area (Å²) in [5, 5.41) is 6.52. The van der Waals surface area contributed by atoms with Gasteiger partial charge >= 0.3 is 0 Å². The summed E-state index contributed by atoms with van der Waals surface area (Å²) in [6, 6.07) is 29.7. The largest absolute Gasteiger partial charge is 0.493 e. The van der Waals surface area contributed by atoms with Gasteiger partial charge < -0.3 is 40.2 Å². The smallest absolute Gasteiger partial charge is 0.261 e. The van der Waals surface area contributed by atoms with Crippen molar-refractivity contribution in [3.63, 3.8) is 0 Å². The molecule has 4 aliphatic rings. The molecule has 5 aromatic rings. The van der Waals surface area contributed by atoms with E-state index in [-0.39, 0.29) is 55.3 Å². The summed E-state index contributed by atoms with van der Waals surface area (Å²) in [5.74, 6) is 4.18. The molecule has 0 spiro atoms. The van der Waals surface area contributed by atoms with E-state index < -0.39 is 4.75 Å². The third-order valence-corrected chi connectivity index (χ3v) is 15.7. The van der Waals surface area contributed by atoms with Gasteiger partial charge in [-0.1, -0.05) is 57.8 Å². The highest BCUT2D eigenvalue weighted by atomic mass is 33.1. The number of rotatable bonds is 18. The first-order chi connectivity index (χ1) is 33.4. The van der Waals surface area contributed by atoms with Crippen LogP contribution in [0, 0.1) is 24.5 Å². The van der Waals surface area contributed by atoms with Crippen LogP contribution in [0.1, 0.15) is 75.6 Å². The summed E-state index contributed by atoms with van der Waals surface area (Å²) in [4.78, 5) is 61.2. The fourth-order valence-electron chi connectivity index (χ4n) is 8.99. The molecule has 0 saturated heterocycles. The predicted molar refractivity (Wildman–Crippen MR) is 270 cm³/mol. The lowest BCUT2D eigenvalue weighted by Gasteiger charge is -2.22. The van der Waals surface area contributed by atoms with Crippen LogP contribution in [-0.4, -0.2) is 73.2 Å². The van der Waals surface area contributed by atoms with E-state index in [1.54, 1.807) is 46.0 Å². The molecule has 5 aromatic carbocycles. The van der Waals surface area contributed by atoms with E-state index in [1.165, 1.54) is 25.0 Å². The molecular formula is C53H50N6O8S2. The van der Waals surface area contributed by atoms with Gasteiger partial charge in [0.1, 0.15) is 13.2 Å². The Kier molecular flexibility index (Phi) is 13.7. The van der Waals surface area contributed by atoms with Crippen LogP contribution in [0.5, 0.6) is 23.0 Å². The number of benzene rings is 4. The first kappa shape index (κ1) is 46.8. The Labute approximate surface area is 409 Å². The number of hydrogen-bond donors (Lipinski definition) is 3. The standard InChI is InChI=1S/C53H50N6O8S2/c1-5-53(2,69-68-18-10-15-49(54)60)17-16-50(61)57-36-20-32(30-66-47-26-41-39(24-45(47)64-3)51(62)58-37(28-55-41)22-34-11-6-8-13-43(34)58)19-33(21-36)31-67-48-27-42-40(25-46(48)65-4)52(63)59-38(29-56-42)23-35-12-7-9-14-44(35)59/h1,6,8,11-14,19-21,24-28,37-38,56H,10,15-18,22-23,29-31H2,2-4H3,(H2,54,60)(H,57,61)/t37-,38-,53+/m0/s1. The van der Waals surface area contributed by atoms with Crippen molar-refractivity contribution in [2.45, 2.75) is 75.5 Å². The summed E-state index contributed by atoms with van der Waals surface area (Å²) < 4.78 is 23.8. The Bertz CT molecular complexity index is 2920. The van der Waals surface area contributed by atoms with Crippen LogP contribution in [0.2, 0.25) is 0 Å². The van der Waals surface area contributed by atoms with Gasteiger partial charge in [-0.05, 0) is 90.9 Å². The zero-order chi connectivity index (χ0) is 48.2. The molecule has 9 rings (SSSR count). The Morgan fingerprint density at radius 2 is 1.59 bits per heavy atom. The molecule has 0 unspecified atom stereocenters. The third kappa shape index (κ3) is 10.0. The quantitative estimate of drug-likeness (QED) is 0.0437. The van der Waals surface area contributed by atoms with E-state index >= 15 is 0 Å². The number of primary amides is 1. The number of nitrogens with zero attached hydrogens (tertiary/aromatic N) is 3. The summed E-state index contributed by atoms with van der Waals surface area (Å²) >= 11 is 0. The molecule has 4 amide bonds. The number of carbonyl (C=O) groups excluding carboxylic acids is 4. The van der Waals surface area contributed by atoms with E-state index in [1.807, 2.05) is 66.6 Å². The molecule has 4 heterocycles. The molecular weight excluding hydrogens is 913 g/mol. The molecule has 4 aliphatic heterocycles. The van der Waals surface area contributed by atoms with Crippen molar-refractivity contribution in [2.24, 2.45) is 10.7 Å². The topological polar surface area (TPSA) is 174 Å². The number of terminal acetylenes is 1. The molecule has 0 bridgehead atoms. The summed E-state index contributed by atoms with van der Waals surface area (Å²) in [7, 11) is 6.11. The SMILES string of the molecule is C#C[C@](C)(CCC(=O)Nc1cc(COc2cc3c(cc2OC)C(=O)N2c4ccccc4C[C@H]2C=N3)cc(COc2cc3c(cc2OC)C(=O)N2c4cc#ccc4C[C@H]2CN3)c1)SSCCCC(N)=O. The van der Waals surface area contributed by atoms with Gasteiger partial charge in [0, 0.05) is 67.3 Å². The molecule has 14 nitrogen and oxygen atoms in total. The van der Waals surface area contributed by atoms with Crippen molar-refractivity contribution in [1.82, 2.24) is 0 Å². The van der Waals surface area contributed by atoms with Crippen molar-refractivity contribution in [2.75, 3.05) is 47.0 Å². The number of para-hydroxylation sites is 1. The highest BCUT2D eigenvalue weighted by Crippen LogP contribution is 2.43. The van der Waals surface area contributed by atoms with E-state index in [4.69, 9.17) is 36.1 Å². The molecule has 0 aliphatic carbocycles. The fourth-order valence-corrected chi connectivity index (χ4v) is 11.6. The monoisotopic (exact) mass is 962 g/mol. The van der Waals surface area contributed by atoms with Gasteiger partial charge in [-0.2, -0.15) is 0 Å². The molecule has 352 valence electrons. The fraction of sp³-hybridized carbons (Fsp3) is 0.302. The van der Waals surface area contributed by atoms with Gasteiger partial charge in [-0.25, -0.2) is 0 Å². The minimum atomic E-state index is -0.629. The number of carbonyl (C=O) groups is 4. The summed E-state index contributed by atoms with van der Waals surface area (Å²) in [6.07, 6.45) is 10.6. The van der Waals surface area contributed by atoms with E-state index in [9.17, 15) is 19.2 Å². The lowest BCUT2D eigenvalue weighted by atomic mass is 10.1. The maximum atomic E-state index is 14.1. The van der Waals surface area contributed by atoms with Gasteiger partial charge in [0.15, 0.2) is 23.0 Å². The van der Waals surface area contributed by atoms with Crippen molar-refractivity contribution in [3.05, 3.63) is 124 Å². The van der Waals surface area contributed by atoms with Crippen molar-refractivity contribution < 1.29 is 38.1 Å². The average molecular weight is 963 g/mol. The number of anilines is 4. The first-order valence-electron chi connectivity index (χ1n) is 22.6. The van der Waals surface area contributed by atoms with Gasteiger partial charge in [-0.3, -0.25) is 29.1 Å². The van der Waals surface area contributed by atoms with Crippen LogP contribution in [0.4, 0.5) is 28.4 Å². The van der Waals surface area contributed by atoms with Gasteiger partial charge in [0.25, 0.3) is 11.8 Å². The van der Waals surface area contributed by atoms with Crippen LogP contribution in [0.25, 0.3) is 0 Å². The Hall–Kier alpha value is -7.27. The number of nitrogens with two attached hydrogens (primary N) is 1. The first-order valence-corrected chi connectivity index (χ1v) is 24.9. The van der Waals surface area contributed by atoms with E-state index in [2.05, 4.69) is 28.7 Å². The van der Waals surface area contributed by atoms with Crippen LogP contribution in [0.15, 0.2) is 83.9 Å². The summed E-state index contributed by atoms with van der Waals surface area (Å²) in [6.45, 7) is 2.56. The molecule has 0 aromatic heterocycles. The molecule has 0 radical (unpaired) electrons. The Balaban J connectivity index is 0.949. The van der Waals surface area contributed by atoms with Gasteiger partial charge in [-0.15, -0.1) is 6.42 Å². The number of methoxy groups -OCH3 is 2. The maximum absolute atomic E-state index is 14.1. The maximum Gasteiger partial charge on any atom is 0.261 e. The third-order valence-electron chi connectivity index (χ3n) is 12.5. The van der Waals surface area contributed by atoms with Crippen LogP contribution >= 0.6 is 21.6 Å². The predicted octanol–water partition coefficient (Wildman–Crippen LogP) is 8.50. The molecule has 3 atom stereocenters. The van der Waals surface area contributed by atoms with Gasteiger partial charge in [0.2, 0.25) is 11.8 Å². The number of amides is 4. The average Bonchev–Trinajstić information content (AvgIpc) is 3.85. The second-order valence-electron chi connectivity index (χ2n) is 17.3. The number of hydrogen-bond acceptors (Lipinski definition) is 12. The van der Waals surface area contributed by atoms with Crippen molar-refractivity contribution in [1.29, 1.82) is 0 Å². The zero-order valence-electron chi connectivity index (χ0n) is 38.4. The Morgan fingerprint density at radius 1 is 0.884 bits per heavy atom. The highest BCUT2D eigenvalue weighted by Gasteiger charge is 2.39. The van der Waals surface area contributed by atoms with Crippen LogP contribution in [-0.2, 0) is 35.6 Å². The molecule has 0 saturated carbocycles. The molecule has 4 N–H and O–H groups in total. The number of nitrogens with one attached hydrogen (secondary N) is 2. The van der Waals surface area contributed by atoms with E-state index in [0.717, 1.165) is 22.5 Å². The summed E-state index contributed by atoms with van der Waals surface area (Å²) in [5.41, 5.74) is 13.0. The van der Waals surface area contributed by atoms with E-state index in [0.29, 0.717) is 107 Å². The normalized spacial score (nSPS) is 16.9. The van der Waals surface area contributed by atoms with Crippen molar-refractivity contribution in [3.8, 4) is 35.3 Å². The van der Waals surface area contributed by atoms with Gasteiger partial charge in [0.05, 0.1) is 59.2 Å². The second-order valence-corrected chi connectivity index (χ2v) is 20.3. The van der Waals surface area contributed by atoms with Crippen LogP contribution < -0.4 is 45.1 Å². The van der Waals surface area contributed by atoms with Crippen molar-refractivity contribution >= 4 is 79.9 Å². The molecule has 16 heteroatoms.